The highest BCUT2D eigenvalue weighted by molar-refractivity contribution is 6.63. The van der Waals surface area contributed by atoms with Crippen LogP contribution in [-0.4, -0.2) is 5.24 Å². The summed E-state index contributed by atoms with van der Waals surface area (Å²) in [6, 6.07) is 0. The van der Waals surface area contributed by atoms with E-state index in [1.807, 2.05) is 0 Å². The first-order chi connectivity index (χ1) is 10.2. The van der Waals surface area contributed by atoms with Crippen molar-refractivity contribution in [3.63, 3.8) is 0 Å². The average Bonchev–Trinajstić information content (AvgIpc) is 2.51. The SMILES string of the molecule is CCCCC1CCC2C(CCC3CC(C(=O)Cl)CCC32)C1. The molecule has 0 aromatic rings. The average molecular weight is 311 g/mol. The van der Waals surface area contributed by atoms with Gasteiger partial charge in [0.05, 0.1) is 0 Å². The molecule has 1 nitrogen and oxygen atoms in total. The van der Waals surface area contributed by atoms with Gasteiger partial charge in [-0.25, -0.2) is 0 Å². The van der Waals surface area contributed by atoms with Crippen molar-refractivity contribution in [2.24, 2.45) is 35.5 Å². The fourth-order valence-corrected chi connectivity index (χ4v) is 6.05. The Labute approximate surface area is 135 Å². The van der Waals surface area contributed by atoms with Crippen LogP contribution in [0.3, 0.4) is 0 Å². The molecule has 0 saturated heterocycles. The van der Waals surface area contributed by atoms with Crippen molar-refractivity contribution in [1.29, 1.82) is 0 Å². The van der Waals surface area contributed by atoms with Crippen LogP contribution in [0, 0.1) is 35.5 Å². The molecular formula is C19H31ClO. The minimum atomic E-state index is -0.0705. The zero-order chi connectivity index (χ0) is 14.8. The van der Waals surface area contributed by atoms with Gasteiger partial charge in [-0.3, -0.25) is 4.79 Å². The van der Waals surface area contributed by atoms with E-state index in [1.54, 1.807) is 0 Å². The number of carbonyl (C=O) groups is 1. The van der Waals surface area contributed by atoms with Crippen molar-refractivity contribution < 1.29 is 4.79 Å². The summed E-state index contributed by atoms with van der Waals surface area (Å²) in [5, 5.41) is -0.0705. The molecule has 0 aromatic heterocycles. The maximum absolute atomic E-state index is 11.5. The Morgan fingerprint density at radius 2 is 1.62 bits per heavy atom. The first kappa shape index (κ1) is 15.8. The summed E-state index contributed by atoms with van der Waals surface area (Å²) in [6.45, 7) is 2.31. The number of unbranched alkanes of at least 4 members (excludes halogenated alkanes) is 1. The molecule has 0 aliphatic heterocycles. The van der Waals surface area contributed by atoms with Gasteiger partial charge in [0, 0.05) is 5.92 Å². The lowest BCUT2D eigenvalue weighted by atomic mass is 9.55. The summed E-state index contributed by atoms with van der Waals surface area (Å²) < 4.78 is 0. The fourth-order valence-electron chi connectivity index (χ4n) is 5.85. The Balaban J connectivity index is 1.57. The van der Waals surface area contributed by atoms with Crippen LogP contribution in [0.1, 0.15) is 77.6 Å². The molecule has 3 aliphatic rings. The molecule has 0 heterocycles. The summed E-state index contributed by atoms with van der Waals surface area (Å²) in [5.41, 5.74) is 0. The van der Waals surface area contributed by atoms with Crippen molar-refractivity contribution in [2.45, 2.75) is 77.6 Å². The standard InChI is InChI=1S/C19H31ClO/c1-2-3-4-13-5-9-17-14(11-13)6-7-15-12-16(19(20)21)8-10-18(15)17/h13-18H,2-12H2,1H3. The van der Waals surface area contributed by atoms with E-state index in [0.717, 1.165) is 42.4 Å². The second-order valence-corrected chi connectivity index (χ2v) is 8.43. The van der Waals surface area contributed by atoms with Crippen LogP contribution in [-0.2, 0) is 4.79 Å². The first-order valence-electron chi connectivity index (χ1n) is 9.38. The highest BCUT2D eigenvalue weighted by atomic mass is 35.5. The summed E-state index contributed by atoms with van der Waals surface area (Å²) in [4.78, 5) is 11.5. The van der Waals surface area contributed by atoms with Gasteiger partial charge in [-0.1, -0.05) is 32.6 Å². The zero-order valence-electron chi connectivity index (χ0n) is 13.5. The van der Waals surface area contributed by atoms with Crippen LogP contribution in [0.2, 0.25) is 0 Å². The third-order valence-corrected chi connectivity index (χ3v) is 7.24. The van der Waals surface area contributed by atoms with Crippen molar-refractivity contribution in [2.75, 3.05) is 0 Å². The van der Waals surface area contributed by atoms with E-state index in [1.165, 1.54) is 57.8 Å². The summed E-state index contributed by atoms with van der Waals surface area (Å²) >= 11 is 5.75. The quantitative estimate of drug-likeness (QED) is 0.600. The van der Waals surface area contributed by atoms with Crippen molar-refractivity contribution >= 4 is 16.8 Å². The molecule has 3 saturated carbocycles. The number of hydrogen-bond donors (Lipinski definition) is 0. The minimum absolute atomic E-state index is 0.0705. The Morgan fingerprint density at radius 3 is 2.29 bits per heavy atom. The Morgan fingerprint density at radius 1 is 0.952 bits per heavy atom. The molecule has 3 fully saturated rings. The van der Waals surface area contributed by atoms with Crippen molar-refractivity contribution in [3.8, 4) is 0 Å². The molecule has 21 heavy (non-hydrogen) atoms. The van der Waals surface area contributed by atoms with Crippen LogP contribution in [0.25, 0.3) is 0 Å². The summed E-state index contributed by atoms with van der Waals surface area (Å²) in [6.07, 6.45) is 14.9. The van der Waals surface area contributed by atoms with E-state index in [2.05, 4.69) is 6.92 Å². The van der Waals surface area contributed by atoms with Gasteiger partial charge in [0.25, 0.3) is 0 Å². The maximum atomic E-state index is 11.5. The molecular weight excluding hydrogens is 280 g/mol. The molecule has 6 unspecified atom stereocenters. The highest BCUT2D eigenvalue weighted by Gasteiger charge is 2.45. The Kier molecular flexibility index (Phi) is 5.30. The molecule has 6 atom stereocenters. The number of carbonyl (C=O) groups excluding carboxylic acids is 1. The van der Waals surface area contributed by atoms with Gasteiger partial charge < -0.3 is 0 Å². The third-order valence-electron chi connectivity index (χ3n) is 6.94. The van der Waals surface area contributed by atoms with Crippen molar-refractivity contribution in [3.05, 3.63) is 0 Å². The van der Waals surface area contributed by atoms with Gasteiger partial charge in [-0.05, 0) is 86.1 Å². The van der Waals surface area contributed by atoms with Crippen LogP contribution in [0.4, 0.5) is 0 Å². The fraction of sp³-hybridized carbons (Fsp3) is 0.947. The Hall–Kier alpha value is -0.0400. The normalized spacial score (nSPS) is 43.0. The van der Waals surface area contributed by atoms with Gasteiger partial charge in [0.2, 0.25) is 5.24 Å². The van der Waals surface area contributed by atoms with E-state index in [4.69, 9.17) is 11.6 Å². The minimum Gasteiger partial charge on any atom is -0.281 e. The Bertz CT molecular complexity index is 367. The number of halogens is 1. The van der Waals surface area contributed by atoms with Crippen LogP contribution < -0.4 is 0 Å². The van der Waals surface area contributed by atoms with E-state index in [-0.39, 0.29) is 11.2 Å². The lowest BCUT2D eigenvalue weighted by Crippen LogP contribution is -2.42. The van der Waals surface area contributed by atoms with Crippen molar-refractivity contribution in [1.82, 2.24) is 0 Å². The topological polar surface area (TPSA) is 17.1 Å². The molecule has 0 spiro atoms. The lowest BCUT2D eigenvalue weighted by Gasteiger charge is -2.50. The molecule has 3 rings (SSSR count). The molecule has 0 radical (unpaired) electrons. The first-order valence-corrected chi connectivity index (χ1v) is 9.76. The van der Waals surface area contributed by atoms with Gasteiger partial charge in [0.1, 0.15) is 0 Å². The van der Waals surface area contributed by atoms with Crippen LogP contribution in [0.5, 0.6) is 0 Å². The van der Waals surface area contributed by atoms with Gasteiger partial charge >= 0.3 is 0 Å². The monoisotopic (exact) mass is 310 g/mol. The van der Waals surface area contributed by atoms with E-state index < -0.39 is 0 Å². The smallest absolute Gasteiger partial charge is 0.224 e. The van der Waals surface area contributed by atoms with E-state index in [0.29, 0.717) is 0 Å². The van der Waals surface area contributed by atoms with E-state index in [9.17, 15) is 4.79 Å². The zero-order valence-corrected chi connectivity index (χ0v) is 14.3. The number of hydrogen-bond acceptors (Lipinski definition) is 1. The van der Waals surface area contributed by atoms with Crippen LogP contribution >= 0.6 is 11.6 Å². The predicted octanol–water partition coefficient (Wildman–Crippen LogP) is 5.80. The second kappa shape index (κ2) is 7.02. The van der Waals surface area contributed by atoms with Gasteiger partial charge in [-0.15, -0.1) is 0 Å². The molecule has 2 heteroatoms. The van der Waals surface area contributed by atoms with Gasteiger partial charge in [0.15, 0.2) is 0 Å². The third kappa shape index (κ3) is 3.49. The maximum Gasteiger partial charge on any atom is 0.224 e. The molecule has 0 bridgehead atoms. The van der Waals surface area contributed by atoms with E-state index >= 15 is 0 Å². The molecule has 3 aliphatic carbocycles. The molecule has 0 amide bonds. The lowest BCUT2D eigenvalue weighted by molar-refractivity contribution is -0.118. The largest absolute Gasteiger partial charge is 0.281 e. The summed E-state index contributed by atoms with van der Waals surface area (Å²) in [7, 11) is 0. The van der Waals surface area contributed by atoms with Gasteiger partial charge in [-0.2, -0.15) is 0 Å². The predicted molar refractivity (Wildman–Crippen MR) is 88.3 cm³/mol. The number of rotatable bonds is 4. The molecule has 0 aromatic carbocycles. The molecule has 120 valence electrons. The molecule has 0 N–H and O–H groups in total. The van der Waals surface area contributed by atoms with Crippen LogP contribution in [0.15, 0.2) is 0 Å². The second-order valence-electron chi connectivity index (χ2n) is 8.06. The summed E-state index contributed by atoms with van der Waals surface area (Å²) in [5.74, 6) is 4.90. The number of fused-ring (bicyclic) bond motifs is 3. The highest BCUT2D eigenvalue weighted by Crippen LogP contribution is 2.53.